The Bertz CT molecular complexity index is 149. The van der Waals surface area contributed by atoms with Gasteiger partial charge >= 0.3 is 0 Å². The minimum atomic E-state index is 0.468. The summed E-state index contributed by atoms with van der Waals surface area (Å²) in [6.45, 7) is 2.39. The zero-order valence-electron chi connectivity index (χ0n) is 11.9. The molecule has 1 saturated carbocycles. The summed E-state index contributed by atoms with van der Waals surface area (Å²) in [6, 6.07) is 0.468. The van der Waals surface area contributed by atoms with Gasteiger partial charge in [-0.2, -0.15) is 0 Å². The lowest BCUT2D eigenvalue weighted by molar-refractivity contribution is 0.399. The zero-order valence-corrected chi connectivity index (χ0v) is 11.9. The molecular formula is C16H33N. The van der Waals surface area contributed by atoms with Crippen LogP contribution in [-0.2, 0) is 0 Å². The molecular weight excluding hydrogens is 206 g/mol. The Kier molecular flexibility index (Phi) is 8.78. The van der Waals surface area contributed by atoms with Gasteiger partial charge in [-0.3, -0.25) is 0 Å². The first-order valence-corrected chi connectivity index (χ1v) is 8.04. The van der Waals surface area contributed by atoms with Crippen molar-refractivity contribution >= 4 is 0 Å². The second kappa shape index (κ2) is 9.94. The van der Waals surface area contributed by atoms with Crippen LogP contribution in [0.2, 0.25) is 0 Å². The van der Waals surface area contributed by atoms with E-state index in [1.165, 1.54) is 83.5 Å². The van der Waals surface area contributed by atoms with E-state index < -0.39 is 0 Å². The monoisotopic (exact) mass is 239 g/mol. The number of rotatable bonds is 0. The van der Waals surface area contributed by atoms with Crippen molar-refractivity contribution in [1.82, 2.24) is 0 Å². The molecule has 2 unspecified atom stereocenters. The van der Waals surface area contributed by atoms with E-state index in [1.807, 2.05) is 0 Å². The maximum Gasteiger partial charge on any atom is 0.00413 e. The van der Waals surface area contributed by atoms with E-state index in [2.05, 4.69) is 6.92 Å². The Hall–Kier alpha value is -0.0400. The van der Waals surface area contributed by atoms with Gasteiger partial charge in [0.1, 0.15) is 0 Å². The lowest BCUT2D eigenvalue weighted by Gasteiger charge is -2.17. The molecule has 0 aliphatic heterocycles. The quantitative estimate of drug-likeness (QED) is 0.630. The van der Waals surface area contributed by atoms with Crippen LogP contribution in [-0.4, -0.2) is 6.04 Å². The molecule has 0 heterocycles. The van der Waals surface area contributed by atoms with E-state index in [1.54, 1.807) is 0 Å². The van der Waals surface area contributed by atoms with Gasteiger partial charge in [0.05, 0.1) is 0 Å². The lowest BCUT2D eigenvalue weighted by atomic mass is 9.93. The molecule has 0 bridgehead atoms. The Balaban J connectivity index is 2.21. The molecule has 102 valence electrons. The summed E-state index contributed by atoms with van der Waals surface area (Å²) in [5.74, 6) is 0.843. The molecule has 0 radical (unpaired) electrons. The number of hydrogen-bond donors (Lipinski definition) is 1. The predicted octanol–water partition coefficient (Wildman–Crippen LogP) is 5.03. The van der Waals surface area contributed by atoms with Crippen LogP contribution in [0.1, 0.15) is 90.4 Å². The Labute approximate surface area is 109 Å². The molecule has 2 atom stereocenters. The molecule has 2 N–H and O–H groups in total. The molecule has 1 rings (SSSR count). The molecule has 1 heteroatoms. The molecule has 0 aromatic rings. The van der Waals surface area contributed by atoms with Gasteiger partial charge in [0.15, 0.2) is 0 Å². The molecule has 0 spiro atoms. The first kappa shape index (κ1) is 15.0. The highest BCUT2D eigenvalue weighted by molar-refractivity contribution is 4.66. The van der Waals surface area contributed by atoms with Crippen molar-refractivity contribution in [2.45, 2.75) is 96.4 Å². The third kappa shape index (κ3) is 8.65. The summed E-state index contributed by atoms with van der Waals surface area (Å²) < 4.78 is 0. The number of nitrogens with two attached hydrogens (primary N) is 1. The van der Waals surface area contributed by atoms with E-state index in [0.717, 1.165) is 5.92 Å². The first-order chi connectivity index (χ1) is 8.29. The topological polar surface area (TPSA) is 26.0 Å². The first-order valence-electron chi connectivity index (χ1n) is 8.04. The van der Waals surface area contributed by atoms with Crippen LogP contribution in [0, 0.1) is 5.92 Å². The molecule has 0 aromatic heterocycles. The predicted molar refractivity (Wildman–Crippen MR) is 77.2 cm³/mol. The van der Waals surface area contributed by atoms with Crippen molar-refractivity contribution < 1.29 is 0 Å². The normalized spacial score (nSPS) is 31.4. The smallest absolute Gasteiger partial charge is 0.00413 e. The minimum absolute atomic E-state index is 0.468. The van der Waals surface area contributed by atoms with Gasteiger partial charge in [-0.15, -0.1) is 0 Å². The summed E-state index contributed by atoms with van der Waals surface area (Å²) >= 11 is 0. The fraction of sp³-hybridized carbons (Fsp3) is 1.00. The zero-order chi connectivity index (χ0) is 12.3. The fourth-order valence-corrected chi connectivity index (χ4v) is 3.07. The average Bonchev–Trinajstić information content (AvgIpc) is 2.30. The third-order valence-electron chi connectivity index (χ3n) is 4.23. The van der Waals surface area contributed by atoms with Crippen LogP contribution in [0.25, 0.3) is 0 Å². The summed E-state index contributed by atoms with van der Waals surface area (Å²) in [5.41, 5.74) is 6.21. The lowest BCUT2D eigenvalue weighted by Crippen LogP contribution is -2.22. The highest BCUT2D eigenvalue weighted by Gasteiger charge is 2.09. The van der Waals surface area contributed by atoms with E-state index in [0.29, 0.717) is 6.04 Å². The van der Waals surface area contributed by atoms with Crippen LogP contribution < -0.4 is 5.73 Å². The second-order valence-electron chi connectivity index (χ2n) is 6.21. The molecule has 0 saturated heterocycles. The van der Waals surface area contributed by atoms with Gasteiger partial charge < -0.3 is 5.73 Å². The standard InChI is InChI=1S/C16H33N/c1-15-12-10-8-6-4-2-3-5-7-9-11-13-16(17)14-15/h15-16H,2-14,17H2,1H3. The second-order valence-corrected chi connectivity index (χ2v) is 6.21. The van der Waals surface area contributed by atoms with Crippen LogP contribution >= 0.6 is 0 Å². The molecule has 17 heavy (non-hydrogen) atoms. The van der Waals surface area contributed by atoms with Gasteiger partial charge in [0.2, 0.25) is 0 Å². The largest absolute Gasteiger partial charge is 0.328 e. The van der Waals surface area contributed by atoms with Gasteiger partial charge in [0, 0.05) is 6.04 Å². The third-order valence-corrected chi connectivity index (χ3v) is 4.23. The molecule has 1 fully saturated rings. The van der Waals surface area contributed by atoms with Crippen molar-refractivity contribution in [3.8, 4) is 0 Å². The van der Waals surface area contributed by atoms with Crippen molar-refractivity contribution in [1.29, 1.82) is 0 Å². The van der Waals surface area contributed by atoms with E-state index in [4.69, 9.17) is 5.73 Å². The highest BCUT2D eigenvalue weighted by atomic mass is 14.6. The summed E-state index contributed by atoms with van der Waals surface area (Å²) in [7, 11) is 0. The SMILES string of the molecule is CC1CCCCCCCCCCCCC(N)C1. The highest BCUT2D eigenvalue weighted by Crippen LogP contribution is 2.19. The van der Waals surface area contributed by atoms with Crippen molar-refractivity contribution in [3.05, 3.63) is 0 Å². The van der Waals surface area contributed by atoms with E-state index in [-0.39, 0.29) is 0 Å². The van der Waals surface area contributed by atoms with Crippen molar-refractivity contribution in [2.75, 3.05) is 0 Å². The Morgan fingerprint density at radius 3 is 1.59 bits per heavy atom. The Morgan fingerprint density at radius 1 is 0.647 bits per heavy atom. The van der Waals surface area contributed by atoms with Gasteiger partial charge in [-0.25, -0.2) is 0 Å². The molecule has 0 aromatic carbocycles. The molecule has 1 aliphatic carbocycles. The summed E-state index contributed by atoms with van der Waals surface area (Å²) in [6.07, 6.45) is 18.3. The van der Waals surface area contributed by atoms with Crippen LogP contribution in [0.15, 0.2) is 0 Å². The van der Waals surface area contributed by atoms with Crippen LogP contribution in [0.3, 0.4) is 0 Å². The maximum atomic E-state index is 6.21. The molecule has 1 aliphatic rings. The van der Waals surface area contributed by atoms with Crippen LogP contribution in [0.4, 0.5) is 0 Å². The number of hydrogen-bond acceptors (Lipinski definition) is 1. The summed E-state index contributed by atoms with van der Waals surface area (Å²) in [5, 5.41) is 0. The van der Waals surface area contributed by atoms with E-state index >= 15 is 0 Å². The molecule has 1 nitrogen and oxygen atoms in total. The average molecular weight is 239 g/mol. The summed E-state index contributed by atoms with van der Waals surface area (Å²) in [4.78, 5) is 0. The minimum Gasteiger partial charge on any atom is -0.328 e. The van der Waals surface area contributed by atoms with Gasteiger partial charge in [-0.1, -0.05) is 77.6 Å². The van der Waals surface area contributed by atoms with E-state index in [9.17, 15) is 0 Å². The molecule has 0 amide bonds. The van der Waals surface area contributed by atoms with Crippen molar-refractivity contribution in [2.24, 2.45) is 11.7 Å². The van der Waals surface area contributed by atoms with Crippen LogP contribution in [0.5, 0.6) is 0 Å². The van der Waals surface area contributed by atoms with Gasteiger partial charge in [-0.05, 0) is 18.8 Å². The van der Waals surface area contributed by atoms with Gasteiger partial charge in [0.25, 0.3) is 0 Å². The fourth-order valence-electron chi connectivity index (χ4n) is 3.07. The van der Waals surface area contributed by atoms with Crippen molar-refractivity contribution in [3.63, 3.8) is 0 Å². The maximum absolute atomic E-state index is 6.21. The Morgan fingerprint density at radius 2 is 1.06 bits per heavy atom.